The van der Waals surface area contributed by atoms with E-state index >= 15 is 0 Å². The van der Waals surface area contributed by atoms with Crippen molar-refractivity contribution in [2.75, 3.05) is 0 Å². The molecule has 0 saturated heterocycles. The summed E-state index contributed by atoms with van der Waals surface area (Å²) < 4.78 is 0. The Morgan fingerprint density at radius 3 is 1.23 bits per heavy atom. The van der Waals surface area contributed by atoms with Crippen LogP contribution in [0.2, 0.25) is 0 Å². The minimum atomic E-state index is -0.173. The van der Waals surface area contributed by atoms with Gasteiger partial charge in [-0.2, -0.15) is 0 Å². The van der Waals surface area contributed by atoms with Crippen molar-refractivity contribution in [2.24, 2.45) is 21.7 Å². The van der Waals surface area contributed by atoms with Gasteiger partial charge in [0.2, 0.25) is 0 Å². The van der Waals surface area contributed by atoms with Crippen molar-refractivity contribution >= 4 is 5.78 Å². The van der Waals surface area contributed by atoms with Crippen molar-refractivity contribution in [2.45, 2.75) is 89.5 Å². The molecule has 0 aromatic heterocycles. The summed E-state index contributed by atoms with van der Waals surface area (Å²) >= 11 is 0. The van der Waals surface area contributed by atoms with Crippen LogP contribution in [0.1, 0.15) is 89.5 Å². The van der Waals surface area contributed by atoms with Crippen LogP contribution < -0.4 is 0 Å². The average molecular weight is 313 g/mol. The van der Waals surface area contributed by atoms with E-state index in [1.165, 1.54) is 0 Å². The molecular formula is C20H40O2. The zero-order valence-electron chi connectivity index (χ0n) is 17.1. The number of hydrogen-bond donors (Lipinski definition) is 1. The van der Waals surface area contributed by atoms with E-state index in [0.29, 0.717) is 18.0 Å². The predicted molar refractivity (Wildman–Crippen MR) is 98.2 cm³/mol. The number of aliphatic hydroxyl groups excluding tert-OH is 1. The molecule has 0 fully saturated rings. The highest BCUT2D eigenvalue weighted by Gasteiger charge is 2.25. The first kappa shape index (κ1) is 23.5. The average Bonchev–Trinajstić information content (AvgIpc) is 2.09. The molecule has 2 nitrogen and oxygen atoms in total. The topological polar surface area (TPSA) is 37.3 Å². The first-order valence-corrected chi connectivity index (χ1v) is 8.21. The molecule has 0 aliphatic heterocycles. The van der Waals surface area contributed by atoms with Gasteiger partial charge in [-0.25, -0.2) is 0 Å². The van der Waals surface area contributed by atoms with Crippen LogP contribution in [0.25, 0.3) is 0 Å². The number of hydrogen-bond acceptors (Lipinski definition) is 2. The fourth-order valence-corrected chi connectivity index (χ4v) is 1.37. The summed E-state index contributed by atoms with van der Waals surface area (Å²) in [5.74, 6) is 0.829. The van der Waals surface area contributed by atoms with E-state index in [1.54, 1.807) is 0 Å². The van der Waals surface area contributed by atoms with E-state index in [0.717, 1.165) is 0 Å². The molecular weight excluding hydrogens is 272 g/mol. The predicted octanol–water partition coefficient (Wildman–Crippen LogP) is 6.56. The second kappa shape index (κ2) is 7.66. The number of allylic oxidation sites excluding steroid dienone is 2. The molecule has 0 spiro atoms. The molecule has 0 heterocycles. The number of ketones is 1. The Balaban J connectivity index is 0. The minimum absolute atomic E-state index is 0.0668. The van der Waals surface area contributed by atoms with Crippen LogP contribution in [0.4, 0.5) is 0 Å². The van der Waals surface area contributed by atoms with E-state index in [9.17, 15) is 9.90 Å². The highest BCUT2D eigenvalue weighted by molar-refractivity contribution is 5.84. The zero-order chi connectivity index (χ0) is 18.6. The maximum absolute atomic E-state index is 11.5. The van der Waals surface area contributed by atoms with Crippen LogP contribution in [-0.4, -0.2) is 10.9 Å². The number of carbonyl (C=O) groups excluding carboxylic acids is 1. The molecule has 0 rings (SSSR count). The summed E-state index contributed by atoms with van der Waals surface area (Å²) in [5.41, 5.74) is -0.0950. The highest BCUT2D eigenvalue weighted by atomic mass is 16.3. The van der Waals surface area contributed by atoms with Crippen molar-refractivity contribution in [1.82, 2.24) is 0 Å². The van der Waals surface area contributed by atoms with Crippen molar-refractivity contribution in [3.05, 3.63) is 11.8 Å². The third kappa shape index (κ3) is 14.2. The van der Waals surface area contributed by atoms with Gasteiger partial charge in [-0.3, -0.25) is 4.79 Å². The van der Waals surface area contributed by atoms with Crippen molar-refractivity contribution in [3.63, 3.8) is 0 Å². The van der Waals surface area contributed by atoms with Gasteiger partial charge in [-0.05, 0) is 16.9 Å². The standard InChI is InChI=1S/2C10H20O/c2*1-9(2,3)7-8(11)10(4,5)6/h7H2,1-6H3;7,11H,1-6H3/b;8-7+. The lowest BCUT2D eigenvalue weighted by atomic mass is 9.80. The van der Waals surface area contributed by atoms with Crippen molar-refractivity contribution < 1.29 is 9.90 Å². The molecule has 22 heavy (non-hydrogen) atoms. The third-order valence-electron chi connectivity index (χ3n) is 2.87. The van der Waals surface area contributed by atoms with E-state index in [1.807, 2.05) is 47.6 Å². The van der Waals surface area contributed by atoms with Gasteiger partial charge in [0.25, 0.3) is 0 Å². The first-order valence-electron chi connectivity index (χ1n) is 8.21. The molecule has 0 amide bonds. The second-order valence-corrected chi connectivity index (χ2v) is 10.6. The Morgan fingerprint density at radius 1 is 0.773 bits per heavy atom. The Bertz CT molecular complexity index is 374. The lowest BCUT2D eigenvalue weighted by Crippen LogP contribution is -2.25. The molecule has 0 bridgehead atoms. The molecule has 0 atom stereocenters. The number of aliphatic hydroxyl groups is 1. The summed E-state index contributed by atoms with van der Waals surface area (Å²) in [4.78, 5) is 11.5. The zero-order valence-corrected chi connectivity index (χ0v) is 17.1. The normalized spacial score (nSPS) is 14.3. The number of rotatable bonds is 1. The van der Waals surface area contributed by atoms with Gasteiger partial charge >= 0.3 is 0 Å². The van der Waals surface area contributed by atoms with Crippen LogP contribution in [0.3, 0.4) is 0 Å². The van der Waals surface area contributed by atoms with E-state index in [2.05, 4.69) is 41.5 Å². The molecule has 0 aromatic rings. The molecule has 0 unspecified atom stereocenters. The molecule has 0 aromatic carbocycles. The Morgan fingerprint density at radius 2 is 1.14 bits per heavy atom. The molecule has 0 aliphatic rings. The third-order valence-corrected chi connectivity index (χ3v) is 2.87. The smallest absolute Gasteiger partial charge is 0.138 e. The summed E-state index contributed by atoms with van der Waals surface area (Å²) in [5, 5.41) is 9.58. The Labute approximate surface area is 139 Å². The summed E-state index contributed by atoms with van der Waals surface area (Å²) in [6.07, 6.45) is 2.59. The van der Waals surface area contributed by atoms with Gasteiger partial charge < -0.3 is 5.11 Å². The molecule has 0 saturated carbocycles. The minimum Gasteiger partial charge on any atom is -0.512 e. The molecule has 2 heteroatoms. The van der Waals surface area contributed by atoms with Crippen LogP contribution >= 0.6 is 0 Å². The lowest BCUT2D eigenvalue weighted by Gasteiger charge is -2.23. The van der Waals surface area contributed by atoms with Gasteiger partial charge in [0.1, 0.15) is 5.78 Å². The lowest BCUT2D eigenvalue weighted by molar-refractivity contribution is -0.128. The molecule has 132 valence electrons. The summed E-state index contributed by atoms with van der Waals surface area (Å²) in [7, 11) is 0. The van der Waals surface area contributed by atoms with Crippen LogP contribution in [0.15, 0.2) is 11.8 Å². The highest BCUT2D eigenvalue weighted by Crippen LogP contribution is 2.28. The largest absolute Gasteiger partial charge is 0.512 e. The second-order valence-electron chi connectivity index (χ2n) is 10.6. The van der Waals surface area contributed by atoms with E-state index in [-0.39, 0.29) is 21.7 Å². The number of carbonyl (C=O) groups is 1. The van der Waals surface area contributed by atoms with Gasteiger partial charge in [0.05, 0.1) is 5.76 Å². The van der Waals surface area contributed by atoms with Gasteiger partial charge in [-0.15, -0.1) is 0 Å². The maximum Gasteiger partial charge on any atom is 0.138 e. The monoisotopic (exact) mass is 312 g/mol. The molecule has 0 radical (unpaired) electrons. The fourth-order valence-electron chi connectivity index (χ4n) is 1.37. The number of Topliss-reactive ketones (excluding diaryl/α,β-unsaturated/α-hetero) is 1. The maximum atomic E-state index is 11.5. The van der Waals surface area contributed by atoms with Crippen LogP contribution in [0.5, 0.6) is 0 Å². The van der Waals surface area contributed by atoms with Gasteiger partial charge in [-0.1, -0.05) is 83.1 Å². The van der Waals surface area contributed by atoms with Gasteiger partial charge in [0, 0.05) is 17.3 Å². The van der Waals surface area contributed by atoms with Crippen LogP contribution in [0, 0.1) is 21.7 Å². The van der Waals surface area contributed by atoms with E-state index < -0.39 is 0 Å². The van der Waals surface area contributed by atoms with Crippen molar-refractivity contribution in [3.8, 4) is 0 Å². The first-order chi connectivity index (χ1) is 9.26. The molecule has 1 N–H and O–H groups in total. The van der Waals surface area contributed by atoms with Gasteiger partial charge in [0.15, 0.2) is 0 Å². The van der Waals surface area contributed by atoms with Crippen LogP contribution in [-0.2, 0) is 4.79 Å². The Hall–Kier alpha value is -0.790. The molecule has 0 aliphatic carbocycles. The summed E-state index contributed by atoms with van der Waals surface area (Å²) in [6.45, 7) is 24.5. The quantitative estimate of drug-likeness (QED) is 0.557. The summed E-state index contributed by atoms with van der Waals surface area (Å²) in [6, 6.07) is 0. The Kier molecular flexibility index (Phi) is 8.17. The van der Waals surface area contributed by atoms with Crippen molar-refractivity contribution in [1.29, 1.82) is 0 Å². The van der Waals surface area contributed by atoms with E-state index in [4.69, 9.17) is 0 Å². The SMILES string of the molecule is CC(C)(C)/C=C(/O)C(C)(C)C.CC(C)(C)CC(=O)C(C)(C)C. The fraction of sp³-hybridized carbons (Fsp3) is 0.850.